The van der Waals surface area contributed by atoms with Gasteiger partial charge < -0.3 is 4.74 Å². The molecule has 12 heteroatoms. The molecule has 2 heterocycles. The van der Waals surface area contributed by atoms with Crippen molar-refractivity contribution in [2.24, 2.45) is 0 Å². The Hall–Kier alpha value is -2.79. The summed E-state index contributed by atoms with van der Waals surface area (Å²) in [6.45, 7) is 1.83. The Morgan fingerprint density at radius 3 is 2.61 bits per heavy atom. The predicted octanol–water partition coefficient (Wildman–Crippen LogP) is 4.94. The third-order valence-corrected chi connectivity index (χ3v) is 7.08. The number of carbonyl (C=O) groups is 1. The molecule has 4 aromatic rings. The van der Waals surface area contributed by atoms with Gasteiger partial charge in [0.2, 0.25) is 0 Å². The number of carbonyl (C=O) groups excluding carboxylic acids is 1. The van der Waals surface area contributed by atoms with Gasteiger partial charge in [-0.3, -0.25) is 0 Å². The number of halogens is 2. The predicted molar refractivity (Wildman–Crippen MR) is 127 cm³/mol. The van der Waals surface area contributed by atoms with Crippen molar-refractivity contribution in [3.05, 3.63) is 64.3 Å². The van der Waals surface area contributed by atoms with Crippen molar-refractivity contribution >= 4 is 50.5 Å². The topological polar surface area (TPSA) is 104 Å². The molecule has 0 atom stereocenters. The lowest BCUT2D eigenvalue weighted by Crippen LogP contribution is -2.07. The first kappa shape index (κ1) is 23.4. The molecule has 0 amide bonds. The maximum Gasteiger partial charge on any atom is 0.360 e. The summed E-state index contributed by atoms with van der Waals surface area (Å²) < 4.78 is 34.7. The Balaban J connectivity index is 1.87. The summed E-state index contributed by atoms with van der Waals surface area (Å²) in [6.07, 6.45) is 1.14. The first-order chi connectivity index (χ1) is 15.7. The minimum atomic E-state index is -3.39. The van der Waals surface area contributed by atoms with Crippen LogP contribution in [0.2, 0.25) is 10.0 Å². The molecule has 0 fully saturated rings. The van der Waals surface area contributed by atoms with Crippen LogP contribution in [0.4, 0.5) is 0 Å². The number of esters is 1. The van der Waals surface area contributed by atoms with Crippen molar-refractivity contribution in [2.45, 2.75) is 11.8 Å². The van der Waals surface area contributed by atoms with E-state index in [0.717, 1.165) is 17.8 Å². The largest absolute Gasteiger partial charge is 0.461 e. The van der Waals surface area contributed by atoms with Gasteiger partial charge in [0.1, 0.15) is 15.7 Å². The molecule has 0 unspecified atom stereocenters. The second kappa shape index (κ2) is 9.22. The molecule has 2 aromatic heterocycles. The number of hydrogen-bond donors (Lipinski definition) is 0. The van der Waals surface area contributed by atoms with Crippen molar-refractivity contribution in [3.63, 3.8) is 0 Å². The first-order valence-corrected chi connectivity index (χ1v) is 13.0. The van der Waals surface area contributed by atoms with Gasteiger partial charge in [0.15, 0.2) is 21.4 Å². The Morgan fingerprint density at radius 2 is 1.91 bits per heavy atom. The zero-order chi connectivity index (χ0) is 23.8. The number of nitrogens with zero attached hydrogens (tertiary/aromatic N) is 4. The molecule has 4 rings (SSSR count). The van der Waals surface area contributed by atoms with Crippen LogP contribution in [0.1, 0.15) is 17.4 Å². The van der Waals surface area contributed by atoms with Crippen LogP contribution in [-0.2, 0) is 14.6 Å². The van der Waals surface area contributed by atoms with Gasteiger partial charge in [-0.1, -0.05) is 47.5 Å². The highest BCUT2D eigenvalue weighted by Gasteiger charge is 2.28. The van der Waals surface area contributed by atoms with Crippen molar-refractivity contribution < 1.29 is 17.9 Å². The maximum absolute atomic E-state index is 12.4. The molecule has 0 saturated heterocycles. The number of aromatic nitrogens is 4. The molecule has 0 bridgehead atoms. The van der Waals surface area contributed by atoms with Crippen LogP contribution in [0, 0.1) is 0 Å². The van der Waals surface area contributed by atoms with Crippen molar-refractivity contribution in [1.29, 1.82) is 0 Å². The average Bonchev–Trinajstić information content (AvgIpc) is 3.38. The van der Waals surface area contributed by atoms with E-state index in [1.54, 1.807) is 43.3 Å². The number of ether oxygens (including phenoxy) is 1. The fourth-order valence-corrected chi connectivity index (χ4v) is 4.84. The molecule has 0 aliphatic rings. The van der Waals surface area contributed by atoms with E-state index in [1.165, 1.54) is 16.8 Å². The highest BCUT2D eigenvalue weighted by Crippen LogP contribution is 2.36. The maximum atomic E-state index is 12.4. The molecule has 0 aliphatic heterocycles. The number of sulfone groups is 1. The standard InChI is InChI=1S/C21H16Cl2N4O4S2/c1-3-31-21(28)17-16(23)18(27(25-17)15-10-5-4-9-14(15)22)19-24-20(32-26-19)12-7-6-8-13(11-12)33(2,29)30/h4-11H,3H2,1-2H3. The van der Waals surface area contributed by atoms with Crippen LogP contribution in [0.15, 0.2) is 53.4 Å². The van der Waals surface area contributed by atoms with E-state index in [2.05, 4.69) is 14.5 Å². The van der Waals surface area contributed by atoms with Crippen LogP contribution in [0.3, 0.4) is 0 Å². The van der Waals surface area contributed by atoms with E-state index in [0.29, 0.717) is 21.3 Å². The molecule has 0 saturated carbocycles. The number of benzene rings is 2. The lowest BCUT2D eigenvalue weighted by atomic mass is 10.2. The fourth-order valence-electron chi connectivity index (χ4n) is 3.02. The van der Waals surface area contributed by atoms with Crippen molar-refractivity contribution in [2.75, 3.05) is 12.9 Å². The van der Waals surface area contributed by atoms with E-state index in [-0.39, 0.29) is 33.7 Å². The normalized spacial score (nSPS) is 11.5. The van der Waals surface area contributed by atoms with Gasteiger partial charge in [0.05, 0.1) is 22.2 Å². The van der Waals surface area contributed by atoms with E-state index in [4.69, 9.17) is 27.9 Å². The van der Waals surface area contributed by atoms with Crippen molar-refractivity contribution in [3.8, 4) is 27.8 Å². The molecule has 0 N–H and O–H groups in total. The molecule has 2 aromatic carbocycles. The van der Waals surface area contributed by atoms with E-state index in [9.17, 15) is 13.2 Å². The number of rotatable bonds is 6. The molecule has 0 spiro atoms. The Kier molecular flexibility index (Phi) is 6.53. The summed E-state index contributed by atoms with van der Waals surface area (Å²) in [6, 6.07) is 13.3. The second-order valence-electron chi connectivity index (χ2n) is 6.82. The quantitative estimate of drug-likeness (QED) is 0.330. The minimum absolute atomic E-state index is 0.0163. The summed E-state index contributed by atoms with van der Waals surface area (Å²) >= 11 is 14.0. The Morgan fingerprint density at radius 1 is 1.15 bits per heavy atom. The zero-order valence-corrected chi connectivity index (χ0v) is 20.5. The molecule has 170 valence electrons. The van der Waals surface area contributed by atoms with Crippen LogP contribution in [-0.4, -0.2) is 46.4 Å². The van der Waals surface area contributed by atoms with Gasteiger partial charge in [-0.15, -0.1) is 0 Å². The summed E-state index contributed by atoms with van der Waals surface area (Å²) in [5.74, 6) is -0.487. The van der Waals surface area contributed by atoms with Crippen LogP contribution >= 0.6 is 34.7 Å². The van der Waals surface area contributed by atoms with Gasteiger partial charge in [0.25, 0.3) is 0 Å². The lowest BCUT2D eigenvalue weighted by Gasteiger charge is -2.07. The summed E-state index contributed by atoms with van der Waals surface area (Å²) in [4.78, 5) is 17.1. The van der Waals surface area contributed by atoms with E-state index in [1.807, 2.05) is 0 Å². The first-order valence-electron chi connectivity index (χ1n) is 9.55. The molecular weight excluding hydrogens is 507 g/mol. The van der Waals surface area contributed by atoms with Gasteiger partial charge >= 0.3 is 5.97 Å². The van der Waals surface area contributed by atoms with Crippen LogP contribution in [0.5, 0.6) is 0 Å². The minimum Gasteiger partial charge on any atom is -0.461 e. The van der Waals surface area contributed by atoms with Crippen LogP contribution in [0.25, 0.3) is 27.8 Å². The number of para-hydroxylation sites is 1. The molecule has 8 nitrogen and oxygen atoms in total. The highest BCUT2D eigenvalue weighted by atomic mass is 35.5. The fraction of sp³-hybridized carbons (Fsp3) is 0.143. The highest BCUT2D eigenvalue weighted by molar-refractivity contribution is 7.90. The molecular formula is C21H16Cl2N4O4S2. The molecule has 33 heavy (non-hydrogen) atoms. The third-order valence-electron chi connectivity index (χ3n) is 4.52. The Bertz CT molecular complexity index is 1460. The van der Waals surface area contributed by atoms with Gasteiger partial charge in [0, 0.05) is 11.8 Å². The SMILES string of the molecule is CCOC(=O)c1nn(-c2ccccc2Cl)c(-c2nsc(-c3cccc(S(C)(=O)=O)c3)n2)c1Cl. The summed E-state index contributed by atoms with van der Waals surface area (Å²) in [5, 5.41) is 5.20. The summed E-state index contributed by atoms with van der Waals surface area (Å²) in [7, 11) is -3.39. The molecule has 0 radical (unpaired) electrons. The Labute approximate surface area is 203 Å². The second-order valence-corrected chi connectivity index (χ2v) is 10.4. The zero-order valence-electron chi connectivity index (χ0n) is 17.3. The monoisotopic (exact) mass is 522 g/mol. The smallest absolute Gasteiger partial charge is 0.360 e. The van der Waals surface area contributed by atoms with Gasteiger partial charge in [-0.2, -0.15) is 9.47 Å². The van der Waals surface area contributed by atoms with Gasteiger partial charge in [-0.25, -0.2) is 22.9 Å². The summed E-state index contributed by atoms with van der Waals surface area (Å²) in [5.41, 5.74) is 1.22. The van der Waals surface area contributed by atoms with Crippen molar-refractivity contribution in [1.82, 2.24) is 19.1 Å². The lowest BCUT2D eigenvalue weighted by molar-refractivity contribution is 0.0519. The van der Waals surface area contributed by atoms with E-state index >= 15 is 0 Å². The molecule has 0 aliphatic carbocycles. The van der Waals surface area contributed by atoms with Crippen LogP contribution < -0.4 is 0 Å². The number of hydrogen-bond acceptors (Lipinski definition) is 8. The third kappa shape index (κ3) is 4.65. The average molecular weight is 523 g/mol. The van der Waals surface area contributed by atoms with E-state index < -0.39 is 15.8 Å². The van der Waals surface area contributed by atoms with Gasteiger partial charge in [-0.05, 0) is 42.7 Å².